The van der Waals surface area contributed by atoms with Crippen LogP contribution in [0.2, 0.25) is 0 Å². The van der Waals surface area contributed by atoms with E-state index in [-0.39, 0.29) is 38.0 Å². The number of hydrogen-bond acceptors (Lipinski definition) is 6. The quantitative estimate of drug-likeness (QED) is 0.0199. The normalized spacial score (nSPS) is 12.9. The molecule has 0 saturated heterocycles. The van der Waals surface area contributed by atoms with E-state index in [9.17, 15) is 14.4 Å². The van der Waals surface area contributed by atoms with E-state index < -0.39 is 12.1 Å². The SMILES string of the molecule is CC/C=C\C/C=C\C/C=C\CC(=O)OCC(COC(=O)CCCCCCCCCCCC/C=C\C=C/CCCCC)OC(=O)CCCCCCC\C=C/C=C\C=C/CCCCCCC. The van der Waals surface area contributed by atoms with Crippen LogP contribution in [0.4, 0.5) is 0 Å². The molecular weight excluding hydrogens is 793 g/mol. The molecule has 0 aliphatic carbocycles. The van der Waals surface area contributed by atoms with Gasteiger partial charge in [0.1, 0.15) is 13.2 Å². The molecule has 0 aromatic heterocycles. The number of esters is 3. The van der Waals surface area contributed by atoms with E-state index in [1.54, 1.807) is 6.08 Å². The molecule has 0 radical (unpaired) electrons. The number of hydrogen-bond donors (Lipinski definition) is 0. The zero-order valence-electron chi connectivity index (χ0n) is 41.5. The van der Waals surface area contributed by atoms with Crippen LogP contribution in [0.1, 0.15) is 233 Å². The number of ether oxygens (including phenoxy) is 3. The summed E-state index contributed by atoms with van der Waals surface area (Å²) >= 11 is 0. The van der Waals surface area contributed by atoms with E-state index in [1.165, 1.54) is 109 Å². The van der Waals surface area contributed by atoms with Crippen LogP contribution < -0.4 is 0 Å². The van der Waals surface area contributed by atoms with Gasteiger partial charge in [-0.2, -0.15) is 0 Å². The van der Waals surface area contributed by atoms with Gasteiger partial charge in [0.25, 0.3) is 0 Å². The zero-order valence-corrected chi connectivity index (χ0v) is 41.5. The van der Waals surface area contributed by atoms with Crippen LogP contribution in [0.5, 0.6) is 0 Å². The summed E-state index contributed by atoms with van der Waals surface area (Å²) in [6.07, 6.45) is 68.6. The molecule has 0 aromatic carbocycles. The van der Waals surface area contributed by atoms with E-state index in [0.717, 1.165) is 83.5 Å². The van der Waals surface area contributed by atoms with Gasteiger partial charge in [-0.25, -0.2) is 0 Å². The van der Waals surface area contributed by atoms with Gasteiger partial charge in [0.15, 0.2) is 6.10 Å². The second kappa shape index (κ2) is 52.0. The second-order valence-corrected chi connectivity index (χ2v) is 17.2. The minimum absolute atomic E-state index is 0.116. The van der Waals surface area contributed by atoms with Crippen molar-refractivity contribution in [3.8, 4) is 0 Å². The maximum absolute atomic E-state index is 12.8. The maximum Gasteiger partial charge on any atom is 0.309 e. The van der Waals surface area contributed by atoms with Gasteiger partial charge in [-0.1, -0.05) is 227 Å². The van der Waals surface area contributed by atoms with Crippen molar-refractivity contribution in [2.75, 3.05) is 13.2 Å². The van der Waals surface area contributed by atoms with E-state index in [0.29, 0.717) is 6.42 Å². The molecule has 364 valence electrons. The van der Waals surface area contributed by atoms with E-state index in [4.69, 9.17) is 14.2 Å². The lowest BCUT2D eigenvalue weighted by Gasteiger charge is -2.18. The van der Waals surface area contributed by atoms with Crippen LogP contribution in [0, 0.1) is 0 Å². The predicted molar refractivity (Wildman–Crippen MR) is 274 cm³/mol. The molecule has 0 saturated carbocycles. The summed E-state index contributed by atoms with van der Waals surface area (Å²) in [5.41, 5.74) is 0. The molecule has 0 aliphatic rings. The zero-order chi connectivity index (χ0) is 46.5. The van der Waals surface area contributed by atoms with Crippen molar-refractivity contribution in [1.29, 1.82) is 0 Å². The third-order valence-electron chi connectivity index (χ3n) is 10.9. The van der Waals surface area contributed by atoms with Crippen LogP contribution >= 0.6 is 0 Å². The number of rotatable bonds is 46. The maximum atomic E-state index is 12.8. The smallest absolute Gasteiger partial charge is 0.309 e. The molecular formula is C58H96O6. The Morgan fingerprint density at radius 2 is 0.719 bits per heavy atom. The minimum Gasteiger partial charge on any atom is -0.462 e. The van der Waals surface area contributed by atoms with Gasteiger partial charge in [0.05, 0.1) is 6.42 Å². The molecule has 64 heavy (non-hydrogen) atoms. The summed E-state index contributed by atoms with van der Waals surface area (Å²) < 4.78 is 16.6. The van der Waals surface area contributed by atoms with Gasteiger partial charge in [-0.15, -0.1) is 0 Å². The van der Waals surface area contributed by atoms with Crippen LogP contribution in [0.25, 0.3) is 0 Å². The van der Waals surface area contributed by atoms with Crippen molar-refractivity contribution < 1.29 is 28.6 Å². The van der Waals surface area contributed by atoms with E-state index in [2.05, 4.69) is 106 Å². The van der Waals surface area contributed by atoms with Gasteiger partial charge in [-0.3, -0.25) is 14.4 Å². The molecule has 0 N–H and O–H groups in total. The lowest BCUT2D eigenvalue weighted by Crippen LogP contribution is -2.30. The fourth-order valence-corrected chi connectivity index (χ4v) is 6.97. The molecule has 0 bridgehead atoms. The van der Waals surface area contributed by atoms with Crippen molar-refractivity contribution in [3.05, 3.63) is 97.2 Å². The number of allylic oxidation sites excluding steroid dienone is 15. The van der Waals surface area contributed by atoms with Crippen LogP contribution in [-0.2, 0) is 28.6 Å². The summed E-state index contributed by atoms with van der Waals surface area (Å²) in [6, 6.07) is 0. The second-order valence-electron chi connectivity index (χ2n) is 17.2. The lowest BCUT2D eigenvalue weighted by molar-refractivity contribution is -0.166. The first-order valence-electron chi connectivity index (χ1n) is 26.3. The van der Waals surface area contributed by atoms with Crippen molar-refractivity contribution in [2.24, 2.45) is 0 Å². The summed E-state index contributed by atoms with van der Waals surface area (Å²) in [6.45, 7) is 6.35. The molecule has 0 rings (SSSR count). The van der Waals surface area contributed by atoms with Crippen molar-refractivity contribution >= 4 is 17.9 Å². The molecule has 0 aromatic rings. The van der Waals surface area contributed by atoms with Crippen LogP contribution in [0.15, 0.2) is 97.2 Å². The predicted octanol–water partition coefficient (Wildman–Crippen LogP) is 17.4. The first-order chi connectivity index (χ1) is 31.5. The summed E-state index contributed by atoms with van der Waals surface area (Å²) in [5.74, 6) is -1.07. The Morgan fingerprint density at radius 1 is 0.359 bits per heavy atom. The molecule has 0 spiro atoms. The van der Waals surface area contributed by atoms with Crippen molar-refractivity contribution in [2.45, 2.75) is 239 Å². The highest BCUT2D eigenvalue weighted by Crippen LogP contribution is 2.14. The average Bonchev–Trinajstić information content (AvgIpc) is 3.29. The topological polar surface area (TPSA) is 78.9 Å². The number of unbranched alkanes of at least 4 members (excludes halogenated alkanes) is 23. The Morgan fingerprint density at radius 3 is 1.20 bits per heavy atom. The standard InChI is InChI=1S/C58H96O6/c1-4-7-10-13-16-19-21-23-25-27-29-31-32-34-36-39-42-45-48-51-57(60)63-54-55(53-62-56(59)50-47-44-41-38-18-15-12-9-6-3)64-58(61)52-49-46-43-40-37-35-33-30-28-26-24-22-20-17-14-11-8-5-2/h9,12,16,18-19,21-24,26,28,30,33,38,44,47,55H,4-8,10-11,13-15,17,20,25,27,29,31-32,34-37,39-43,45-46,48-54H2,1-3H3/b12-9-,19-16-,23-21-,24-22-,28-26-,33-30-,38-18-,47-44-. The number of carbonyl (C=O) groups excluding carboxylic acids is 3. The molecule has 6 heteroatoms. The Kier molecular flexibility index (Phi) is 49.0. The molecule has 0 fully saturated rings. The Balaban J connectivity index is 4.40. The highest BCUT2D eigenvalue weighted by Gasteiger charge is 2.19. The monoisotopic (exact) mass is 889 g/mol. The van der Waals surface area contributed by atoms with Gasteiger partial charge in [-0.05, 0) is 83.5 Å². The van der Waals surface area contributed by atoms with Gasteiger partial charge in [0, 0.05) is 12.8 Å². The lowest BCUT2D eigenvalue weighted by atomic mass is 10.1. The van der Waals surface area contributed by atoms with Crippen LogP contribution in [0.3, 0.4) is 0 Å². The van der Waals surface area contributed by atoms with Gasteiger partial charge < -0.3 is 14.2 Å². The van der Waals surface area contributed by atoms with Gasteiger partial charge >= 0.3 is 17.9 Å². The molecule has 0 aliphatic heterocycles. The Hall–Kier alpha value is -3.67. The number of carbonyl (C=O) groups is 3. The summed E-state index contributed by atoms with van der Waals surface area (Å²) in [5, 5.41) is 0. The fraction of sp³-hybridized carbons (Fsp3) is 0.672. The van der Waals surface area contributed by atoms with Crippen molar-refractivity contribution in [1.82, 2.24) is 0 Å². The molecule has 0 amide bonds. The average molecular weight is 889 g/mol. The fourth-order valence-electron chi connectivity index (χ4n) is 6.97. The Bertz CT molecular complexity index is 1300. The Labute approximate surface area is 394 Å². The first kappa shape index (κ1) is 60.3. The molecule has 1 atom stereocenters. The minimum atomic E-state index is -0.825. The molecule has 6 nitrogen and oxygen atoms in total. The van der Waals surface area contributed by atoms with Crippen molar-refractivity contribution in [3.63, 3.8) is 0 Å². The van der Waals surface area contributed by atoms with Crippen LogP contribution in [-0.4, -0.2) is 37.2 Å². The highest BCUT2D eigenvalue weighted by molar-refractivity contribution is 5.72. The summed E-state index contributed by atoms with van der Waals surface area (Å²) in [7, 11) is 0. The third kappa shape index (κ3) is 49.3. The van der Waals surface area contributed by atoms with E-state index >= 15 is 0 Å². The first-order valence-corrected chi connectivity index (χ1v) is 26.3. The largest absolute Gasteiger partial charge is 0.462 e. The van der Waals surface area contributed by atoms with Gasteiger partial charge in [0.2, 0.25) is 0 Å². The van der Waals surface area contributed by atoms with E-state index in [1.807, 2.05) is 6.08 Å². The highest BCUT2D eigenvalue weighted by atomic mass is 16.6. The molecule has 0 heterocycles. The third-order valence-corrected chi connectivity index (χ3v) is 10.9. The summed E-state index contributed by atoms with van der Waals surface area (Å²) in [4.78, 5) is 37.8. The molecule has 1 unspecified atom stereocenters.